The second-order valence-corrected chi connectivity index (χ2v) is 6.83. The fourth-order valence-corrected chi connectivity index (χ4v) is 3.63. The fourth-order valence-electron chi connectivity index (χ4n) is 1.85. The van der Waals surface area contributed by atoms with Gasteiger partial charge in [0.1, 0.15) is 4.90 Å². The van der Waals surface area contributed by atoms with E-state index in [1.807, 2.05) is 0 Å². The van der Waals surface area contributed by atoms with E-state index in [9.17, 15) is 8.42 Å². The van der Waals surface area contributed by atoms with E-state index in [0.29, 0.717) is 0 Å². The average Bonchev–Trinajstić information content (AvgIpc) is 2.74. The molecule has 1 aromatic carbocycles. The van der Waals surface area contributed by atoms with E-state index in [0.717, 1.165) is 5.56 Å². The Morgan fingerprint density at radius 2 is 2.15 bits per heavy atom. The predicted molar refractivity (Wildman–Crippen MR) is 77.7 cm³/mol. The molecule has 0 atom stereocenters. The lowest BCUT2D eigenvalue weighted by Gasteiger charge is -2.18. The van der Waals surface area contributed by atoms with Crippen LogP contribution in [0.25, 0.3) is 0 Å². The number of aryl methyl sites for hydroxylation is 1. The fraction of sp³-hybridized carbons (Fsp3) is 0.250. The van der Waals surface area contributed by atoms with E-state index in [1.165, 1.54) is 23.5 Å². The molecule has 0 radical (unpaired) electrons. The molecule has 8 heteroatoms. The molecule has 20 heavy (non-hydrogen) atoms. The first-order valence-electron chi connectivity index (χ1n) is 5.80. The maximum atomic E-state index is 12.5. The van der Waals surface area contributed by atoms with Gasteiger partial charge in [0.15, 0.2) is 0 Å². The van der Waals surface area contributed by atoms with Crippen molar-refractivity contribution < 1.29 is 8.42 Å². The number of anilines is 1. The SMILES string of the molecule is CN(Cc1cnn(C)c1)S(=O)(=O)c1c(N)cccc1Cl. The summed E-state index contributed by atoms with van der Waals surface area (Å²) in [6.07, 6.45) is 3.37. The first kappa shape index (κ1) is 14.8. The number of nitrogens with two attached hydrogens (primary N) is 1. The number of sulfonamides is 1. The number of rotatable bonds is 4. The number of nitrogens with zero attached hydrogens (tertiary/aromatic N) is 3. The predicted octanol–water partition coefficient (Wildman–Crippen LogP) is 1.48. The summed E-state index contributed by atoms with van der Waals surface area (Å²) in [7, 11) is -0.505. The highest BCUT2D eigenvalue weighted by Gasteiger charge is 2.26. The number of halogens is 1. The van der Waals surface area contributed by atoms with Crippen LogP contribution < -0.4 is 5.73 Å². The van der Waals surface area contributed by atoms with E-state index >= 15 is 0 Å². The van der Waals surface area contributed by atoms with Crippen LogP contribution >= 0.6 is 11.6 Å². The molecule has 6 nitrogen and oxygen atoms in total. The zero-order valence-corrected chi connectivity index (χ0v) is 12.7. The van der Waals surface area contributed by atoms with Gasteiger partial charge in [-0.25, -0.2) is 8.42 Å². The van der Waals surface area contributed by atoms with Crippen molar-refractivity contribution in [1.29, 1.82) is 0 Å². The normalized spacial score (nSPS) is 12.0. The van der Waals surface area contributed by atoms with Gasteiger partial charge in [-0.05, 0) is 12.1 Å². The topological polar surface area (TPSA) is 81.2 Å². The van der Waals surface area contributed by atoms with Crippen molar-refractivity contribution in [2.24, 2.45) is 7.05 Å². The first-order chi connectivity index (χ1) is 9.32. The Hall–Kier alpha value is -1.57. The van der Waals surface area contributed by atoms with Crippen molar-refractivity contribution in [2.75, 3.05) is 12.8 Å². The molecule has 108 valence electrons. The van der Waals surface area contributed by atoms with Crippen molar-refractivity contribution in [2.45, 2.75) is 11.4 Å². The molecule has 2 rings (SSSR count). The van der Waals surface area contributed by atoms with Crippen LogP contribution in [0.1, 0.15) is 5.56 Å². The summed E-state index contributed by atoms with van der Waals surface area (Å²) in [5.41, 5.74) is 6.65. The highest BCUT2D eigenvalue weighted by atomic mass is 35.5. The molecule has 0 spiro atoms. The molecule has 0 fully saturated rings. The Labute approximate surface area is 122 Å². The Balaban J connectivity index is 2.35. The van der Waals surface area contributed by atoms with Crippen molar-refractivity contribution in [3.63, 3.8) is 0 Å². The van der Waals surface area contributed by atoms with Crippen LogP contribution in [0.5, 0.6) is 0 Å². The lowest BCUT2D eigenvalue weighted by Crippen LogP contribution is -2.27. The van der Waals surface area contributed by atoms with Gasteiger partial charge in [0.05, 0.1) is 16.9 Å². The highest BCUT2D eigenvalue weighted by Crippen LogP contribution is 2.29. The molecule has 0 aliphatic heterocycles. The van der Waals surface area contributed by atoms with E-state index in [-0.39, 0.29) is 22.2 Å². The highest BCUT2D eigenvalue weighted by molar-refractivity contribution is 7.89. The van der Waals surface area contributed by atoms with Gasteiger partial charge in [-0.2, -0.15) is 9.40 Å². The summed E-state index contributed by atoms with van der Waals surface area (Å²) >= 11 is 5.96. The molecule has 0 saturated heterocycles. The van der Waals surface area contributed by atoms with Gasteiger partial charge in [0, 0.05) is 32.4 Å². The number of hydrogen-bond donors (Lipinski definition) is 1. The Kier molecular flexibility index (Phi) is 4.03. The van der Waals surface area contributed by atoms with Crippen LogP contribution in [0.4, 0.5) is 5.69 Å². The second kappa shape index (κ2) is 5.43. The quantitative estimate of drug-likeness (QED) is 0.867. The third-order valence-corrected chi connectivity index (χ3v) is 5.18. The summed E-state index contributed by atoms with van der Waals surface area (Å²) in [6.45, 7) is 0.195. The molecular weight excluding hydrogens is 300 g/mol. The Morgan fingerprint density at radius 1 is 1.45 bits per heavy atom. The van der Waals surface area contributed by atoms with Crippen LogP contribution in [-0.2, 0) is 23.6 Å². The van der Waals surface area contributed by atoms with Gasteiger partial charge in [0.25, 0.3) is 0 Å². The third-order valence-electron chi connectivity index (χ3n) is 2.83. The van der Waals surface area contributed by atoms with E-state index in [1.54, 1.807) is 30.2 Å². The lowest BCUT2D eigenvalue weighted by atomic mass is 10.3. The van der Waals surface area contributed by atoms with Crippen molar-refractivity contribution in [3.8, 4) is 0 Å². The molecule has 0 saturated carbocycles. The number of benzene rings is 1. The largest absolute Gasteiger partial charge is 0.398 e. The van der Waals surface area contributed by atoms with Gasteiger partial charge in [-0.3, -0.25) is 4.68 Å². The summed E-state index contributed by atoms with van der Waals surface area (Å²) in [4.78, 5) is -0.0620. The number of aromatic nitrogens is 2. The van der Waals surface area contributed by atoms with E-state index in [2.05, 4.69) is 5.10 Å². The van der Waals surface area contributed by atoms with Crippen LogP contribution in [0.2, 0.25) is 5.02 Å². The van der Waals surface area contributed by atoms with Crippen LogP contribution in [0.15, 0.2) is 35.5 Å². The summed E-state index contributed by atoms with van der Waals surface area (Å²) in [5, 5.41) is 4.12. The molecule has 0 unspecified atom stereocenters. The van der Waals surface area contributed by atoms with Gasteiger partial charge >= 0.3 is 0 Å². The molecule has 0 bridgehead atoms. The van der Waals surface area contributed by atoms with Gasteiger partial charge in [-0.15, -0.1) is 0 Å². The maximum Gasteiger partial charge on any atom is 0.246 e. The van der Waals surface area contributed by atoms with E-state index in [4.69, 9.17) is 17.3 Å². The van der Waals surface area contributed by atoms with Gasteiger partial charge in [0.2, 0.25) is 10.0 Å². The van der Waals surface area contributed by atoms with Crippen molar-refractivity contribution in [3.05, 3.63) is 41.2 Å². The molecule has 2 N–H and O–H groups in total. The minimum atomic E-state index is -3.75. The Morgan fingerprint density at radius 3 is 2.70 bits per heavy atom. The van der Waals surface area contributed by atoms with Crippen LogP contribution in [0.3, 0.4) is 0 Å². The second-order valence-electron chi connectivity index (χ2n) is 4.44. The minimum absolute atomic E-state index is 0.0620. The first-order valence-corrected chi connectivity index (χ1v) is 7.62. The maximum absolute atomic E-state index is 12.5. The summed E-state index contributed by atoms with van der Waals surface area (Å²) in [5.74, 6) is 0. The van der Waals surface area contributed by atoms with E-state index < -0.39 is 10.0 Å². The van der Waals surface area contributed by atoms with Crippen molar-refractivity contribution >= 4 is 27.3 Å². The van der Waals surface area contributed by atoms with Gasteiger partial charge < -0.3 is 5.73 Å². The summed E-state index contributed by atoms with van der Waals surface area (Å²) in [6, 6.07) is 4.62. The molecule has 0 aliphatic carbocycles. The zero-order chi connectivity index (χ0) is 14.9. The summed E-state index contributed by atoms with van der Waals surface area (Å²) < 4.78 is 27.8. The average molecular weight is 315 g/mol. The number of nitrogen functional groups attached to an aromatic ring is 1. The molecule has 1 aromatic heterocycles. The molecule has 2 aromatic rings. The molecule has 0 aliphatic rings. The molecule has 0 amide bonds. The van der Waals surface area contributed by atoms with Crippen LogP contribution in [0, 0.1) is 0 Å². The molecular formula is C12H15ClN4O2S. The smallest absolute Gasteiger partial charge is 0.246 e. The monoisotopic (exact) mass is 314 g/mol. The Bertz CT molecular complexity index is 707. The third kappa shape index (κ3) is 2.79. The lowest BCUT2D eigenvalue weighted by molar-refractivity contribution is 0.467. The zero-order valence-electron chi connectivity index (χ0n) is 11.1. The number of hydrogen-bond acceptors (Lipinski definition) is 4. The molecule has 1 heterocycles. The van der Waals surface area contributed by atoms with Crippen molar-refractivity contribution in [1.82, 2.24) is 14.1 Å². The van der Waals surface area contributed by atoms with Crippen LogP contribution in [-0.4, -0.2) is 29.6 Å². The van der Waals surface area contributed by atoms with Gasteiger partial charge in [-0.1, -0.05) is 17.7 Å². The standard InChI is InChI=1S/C12H15ClN4O2S/c1-16-7-9(6-15-16)8-17(2)20(18,19)12-10(13)4-3-5-11(12)14/h3-7H,8,14H2,1-2H3. The minimum Gasteiger partial charge on any atom is -0.398 e.